The number of aliphatic hydroxyl groups excluding tert-OH is 2. The van der Waals surface area contributed by atoms with Gasteiger partial charge >= 0.3 is 18.2 Å². The van der Waals surface area contributed by atoms with E-state index in [1.807, 2.05) is 0 Å². The first-order valence-electron chi connectivity index (χ1n) is 10.5. The van der Waals surface area contributed by atoms with E-state index in [2.05, 4.69) is 0 Å². The van der Waals surface area contributed by atoms with Gasteiger partial charge in [0.2, 0.25) is 0 Å². The molecule has 178 valence electrons. The molecule has 0 saturated heterocycles. The van der Waals surface area contributed by atoms with E-state index in [-0.39, 0.29) is 12.3 Å². The van der Waals surface area contributed by atoms with Gasteiger partial charge in [0.15, 0.2) is 0 Å². The number of imide groups is 1. The number of ether oxygens (including phenoxy) is 3. The van der Waals surface area contributed by atoms with Crippen molar-refractivity contribution in [2.75, 3.05) is 7.11 Å². The Labute approximate surface area is 184 Å². The van der Waals surface area contributed by atoms with Crippen molar-refractivity contribution in [2.45, 2.75) is 96.7 Å². The minimum Gasteiger partial charge on any atom is -0.467 e. The van der Waals surface area contributed by atoms with E-state index >= 15 is 0 Å². The number of hydrogen-bond donors (Lipinski definition) is 2. The van der Waals surface area contributed by atoms with Crippen molar-refractivity contribution in [3.63, 3.8) is 0 Å². The molecule has 1 aliphatic carbocycles. The second kappa shape index (κ2) is 10.9. The molecule has 0 aromatic rings. The summed E-state index contributed by atoms with van der Waals surface area (Å²) in [5.41, 5.74) is -1.78. The van der Waals surface area contributed by atoms with Crippen LogP contribution >= 0.6 is 0 Å². The van der Waals surface area contributed by atoms with Gasteiger partial charge in [-0.1, -0.05) is 12.2 Å². The maximum absolute atomic E-state index is 12.8. The van der Waals surface area contributed by atoms with Gasteiger partial charge in [-0.05, 0) is 67.2 Å². The number of carbonyl (C=O) groups excluding carboxylic acids is 3. The van der Waals surface area contributed by atoms with Crippen LogP contribution in [0, 0.1) is 5.92 Å². The molecule has 0 aliphatic heterocycles. The predicted octanol–water partition coefficient (Wildman–Crippen LogP) is 3.17. The smallest absolute Gasteiger partial charge is 0.420 e. The Hall–Kier alpha value is -2.13. The minimum atomic E-state index is -1.25. The largest absolute Gasteiger partial charge is 0.467 e. The highest BCUT2D eigenvalue weighted by atomic mass is 16.6. The number of carbonyl (C=O) groups is 3. The van der Waals surface area contributed by atoms with Gasteiger partial charge in [0.05, 0.1) is 19.3 Å². The first-order chi connectivity index (χ1) is 14.2. The Balaban J connectivity index is 3.03. The molecule has 9 nitrogen and oxygen atoms in total. The molecular weight excluding hydrogens is 406 g/mol. The highest BCUT2D eigenvalue weighted by Crippen LogP contribution is 2.27. The quantitative estimate of drug-likeness (QED) is 0.365. The van der Waals surface area contributed by atoms with E-state index in [1.165, 1.54) is 7.11 Å². The molecule has 1 aliphatic rings. The number of hydrogen-bond acceptors (Lipinski definition) is 8. The van der Waals surface area contributed by atoms with E-state index < -0.39 is 47.6 Å². The van der Waals surface area contributed by atoms with Crippen LogP contribution in [0.4, 0.5) is 9.59 Å². The Morgan fingerprint density at radius 1 is 1.00 bits per heavy atom. The third kappa shape index (κ3) is 8.86. The summed E-state index contributed by atoms with van der Waals surface area (Å²) in [5, 5.41) is 19.6. The molecule has 0 heterocycles. The number of amides is 2. The van der Waals surface area contributed by atoms with E-state index in [9.17, 15) is 24.6 Å². The molecule has 0 unspecified atom stereocenters. The van der Waals surface area contributed by atoms with Crippen molar-refractivity contribution < 1.29 is 38.8 Å². The molecule has 0 aromatic heterocycles. The van der Waals surface area contributed by atoms with Gasteiger partial charge in [-0.25, -0.2) is 14.4 Å². The van der Waals surface area contributed by atoms with Crippen molar-refractivity contribution in [3.05, 3.63) is 12.2 Å². The number of aliphatic hydroxyl groups is 2. The minimum absolute atomic E-state index is 0.0764. The summed E-state index contributed by atoms with van der Waals surface area (Å²) in [6, 6.07) is -1.25. The van der Waals surface area contributed by atoms with Crippen LogP contribution in [0.1, 0.15) is 67.2 Å². The van der Waals surface area contributed by atoms with Crippen LogP contribution in [0.2, 0.25) is 0 Å². The van der Waals surface area contributed by atoms with Gasteiger partial charge in [-0.2, -0.15) is 4.90 Å². The maximum Gasteiger partial charge on any atom is 0.420 e. The molecule has 0 bridgehead atoms. The molecule has 1 saturated carbocycles. The Bertz CT molecular complexity index is 633. The zero-order chi connectivity index (χ0) is 24.0. The standard InChI is InChI=1S/C22H37NO8/c1-21(2,3)30-19(27)23(20(28)31-22(4,5)6)15(18(26)29-7)11-9-8-10-14-12-13-16(24)17(14)25/h8,10,14-17,24-25H,9,11-13H2,1-7H3/b10-8+/t14-,15-,16-,17+/m0/s1. The third-order valence-electron chi connectivity index (χ3n) is 4.58. The van der Waals surface area contributed by atoms with Crippen LogP contribution < -0.4 is 0 Å². The summed E-state index contributed by atoms with van der Waals surface area (Å²) >= 11 is 0. The molecule has 2 N–H and O–H groups in total. The van der Waals surface area contributed by atoms with Gasteiger partial charge in [0.1, 0.15) is 17.2 Å². The highest BCUT2D eigenvalue weighted by molar-refractivity contribution is 5.94. The van der Waals surface area contributed by atoms with Crippen molar-refractivity contribution in [3.8, 4) is 0 Å². The molecule has 0 spiro atoms. The fourth-order valence-electron chi connectivity index (χ4n) is 3.16. The highest BCUT2D eigenvalue weighted by Gasteiger charge is 2.40. The molecule has 4 atom stereocenters. The van der Waals surface area contributed by atoms with Crippen LogP contribution in [-0.2, 0) is 19.0 Å². The number of allylic oxidation sites excluding steroid dienone is 1. The Morgan fingerprint density at radius 2 is 1.52 bits per heavy atom. The third-order valence-corrected chi connectivity index (χ3v) is 4.58. The van der Waals surface area contributed by atoms with Crippen LogP contribution in [0.5, 0.6) is 0 Å². The van der Waals surface area contributed by atoms with Gasteiger partial charge in [0, 0.05) is 5.92 Å². The fraction of sp³-hybridized carbons (Fsp3) is 0.773. The summed E-state index contributed by atoms with van der Waals surface area (Å²) in [4.78, 5) is 38.7. The molecule has 2 amide bonds. The van der Waals surface area contributed by atoms with Gasteiger partial charge in [-0.15, -0.1) is 0 Å². The summed E-state index contributed by atoms with van der Waals surface area (Å²) in [5.74, 6) is -0.958. The SMILES string of the molecule is COC(=O)[C@H](CC/C=C/[C@H]1CC[C@H](O)[C@@H]1O)N(C(=O)OC(C)(C)C)C(=O)OC(C)(C)C. The average molecular weight is 444 g/mol. The number of esters is 1. The summed E-state index contributed by atoms with van der Waals surface area (Å²) < 4.78 is 15.5. The topological polar surface area (TPSA) is 123 Å². The van der Waals surface area contributed by atoms with E-state index in [0.717, 1.165) is 0 Å². The van der Waals surface area contributed by atoms with Crippen LogP contribution in [-0.4, -0.2) is 69.8 Å². The zero-order valence-corrected chi connectivity index (χ0v) is 19.6. The van der Waals surface area contributed by atoms with Crippen LogP contribution in [0.15, 0.2) is 12.2 Å². The summed E-state index contributed by atoms with van der Waals surface area (Å²) in [6.07, 6.45) is 1.53. The van der Waals surface area contributed by atoms with Gasteiger partial charge in [-0.3, -0.25) is 0 Å². The van der Waals surface area contributed by atoms with Crippen LogP contribution in [0.25, 0.3) is 0 Å². The molecule has 0 radical (unpaired) electrons. The Morgan fingerprint density at radius 3 is 1.90 bits per heavy atom. The van der Waals surface area contributed by atoms with Crippen molar-refractivity contribution in [2.24, 2.45) is 5.92 Å². The van der Waals surface area contributed by atoms with Crippen molar-refractivity contribution in [1.29, 1.82) is 0 Å². The van der Waals surface area contributed by atoms with Gasteiger partial charge < -0.3 is 24.4 Å². The lowest BCUT2D eigenvalue weighted by molar-refractivity contribution is -0.146. The summed E-state index contributed by atoms with van der Waals surface area (Å²) in [6.45, 7) is 9.89. The Kier molecular flexibility index (Phi) is 9.50. The molecule has 9 heteroatoms. The van der Waals surface area contributed by atoms with Crippen molar-refractivity contribution in [1.82, 2.24) is 4.90 Å². The van der Waals surface area contributed by atoms with Gasteiger partial charge in [0.25, 0.3) is 0 Å². The lowest BCUT2D eigenvalue weighted by Crippen LogP contribution is -2.52. The van der Waals surface area contributed by atoms with E-state index in [1.54, 1.807) is 53.7 Å². The summed E-state index contributed by atoms with van der Waals surface area (Å²) in [7, 11) is 1.17. The van der Waals surface area contributed by atoms with Crippen LogP contribution in [0.3, 0.4) is 0 Å². The molecule has 31 heavy (non-hydrogen) atoms. The average Bonchev–Trinajstić information content (AvgIpc) is 2.92. The second-order valence-corrected chi connectivity index (χ2v) is 9.67. The fourth-order valence-corrected chi connectivity index (χ4v) is 3.16. The van der Waals surface area contributed by atoms with Crippen molar-refractivity contribution >= 4 is 18.2 Å². The normalized spacial score (nSPS) is 22.8. The zero-order valence-electron chi connectivity index (χ0n) is 19.6. The lowest BCUT2D eigenvalue weighted by Gasteiger charge is -2.32. The first kappa shape index (κ1) is 26.9. The molecule has 1 fully saturated rings. The molecule has 0 aromatic carbocycles. The second-order valence-electron chi connectivity index (χ2n) is 9.67. The number of nitrogens with zero attached hydrogens (tertiary/aromatic N) is 1. The predicted molar refractivity (Wildman–Crippen MR) is 113 cm³/mol. The number of rotatable bonds is 6. The maximum atomic E-state index is 12.8. The first-order valence-corrected chi connectivity index (χ1v) is 10.5. The van der Waals surface area contributed by atoms with E-state index in [4.69, 9.17) is 14.2 Å². The molecule has 1 rings (SSSR count). The molecular formula is C22H37NO8. The lowest BCUT2D eigenvalue weighted by atomic mass is 10.0. The monoisotopic (exact) mass is 443 g/mol. The van der Waals surface area contributed by atoms with E-state index in [0.29, 0.717) is 24.2 Å². The number of methoxy groups -OCH3 is 1.